The second-order valence-corrected chi connectivity index (χ2v) is 6.70. The Balaban J connectivity index is 1.99. The van der Waals surface area contributed by atoms with Gasteiger partial charge >= 0.3 is 18.0 Å². The van der Waals surface area contributed by atoms with Crippen molar-refractivity contribution in [1.82, 2.24) is 5.32 Å². The number of nitrogens with one attached hydrogen (secondary N) is 2. The van der Waals surface area contributed by atoms with Crippen LogP contribution in [0.15, 0.2) is 36.4 Å². The number of anilines is 1. The molecule has 140 valence electrons. The van der Waals surface area contributed by atoms with Crippen LogP contribution in [0.5, 0.6) is 0 Å². The van der Waals surface area contributed by atoms with Gasteiger partial charge in [-0.2, -0.15) is 13.2 Å². The summed E-state index contributed by atoms with van der Waals surface area (Å²) in [5, 5.41) is 4.36. The number of thiophene rings is 1. The molecule has 0 saturated heterocycles. The largest absolute Gasteiger partial charge is 0.418 e. The van der Waals surface area contributed by atoms with Crippen molar-refractivity contribution in [1.29, 1.82) is 0 Å². The van der Waals surface area contributed by atoms with Crippen LogP contribution in [0.1, 0.15) is 21.4 Å². The number of hydrogen-bond acceptors (Lipinski definition) is 4. The molecule has 0 bridgehead atoms. The van der Waals surface area contributed by atoms with Gasteiger partial charge in [-0.3, -0.25) is 9.59 Å². The molecule has 0 saturated carbocycles. The molecule has 0 aliphatic rings. The first kappa shape index (κ1) is 19.9. The molecule has 1 aromatic carbocycles. The van der Waals surface area contributed by atoms with E-state index in [1.165, 1.54) is 30.6 Å². The predicted octanol–water partition coefficient (Wildman–Crippen LogP) is 3.52. The fraction of sp³-hybridized carbons (Fsp3) is 0.294. The van der Waals surface area contributed by atoms with Crippen molar-refractivity contribution in [2.45, 2.75) is 19.2 Å². The van der Waals surface area contributed by atoms with Crippen molar-refractivity contribution < 1.29 is 27.5 Å². The summed E-state index contributed by atoms with van der Waals surface area (Å²) < 4.78 is 44.0. The Morgan fingerprint density at radius 3 is 2.42 bits per heavy atom. The molecule has 26 heavy (non-hydrogen) atoms. The zero-order valence-electron chi connectivity index (χ0n) is 14.0. The summed E-state index contributed by atoms with van der Waals surface area (Å²) in [5.41, 5.74) is -1.50. The molecule has 2 rings (SSSR count). The first-order valence-corrected chi connectivity index (χ1v) is 8.38. The van der Waals surface area contributed by atoms with E-state index in [0.29, 0.717) is 0 Å². The monoisotopic (exact) mass is 386 g/mol. The van der Waals surface area contributed by atoms with E-state index in [-0.39, 0.29) is 6.54 Å². The minimum Gasteiger partial charge on any atom is -0.374 e. The normalized spacial score (nSPS) is 12.5. The lowest BCUT2D eigenvalue weighted by Gasteiger charge is -2.15. The summed E-state index contributed by atoms with van der Waals surface area (Å²) in [6.45, 7) is 1.94. The maximum absolute atomic E-state index is 12.9. The van der Waals surface area contributed by atoms with Crippen molar-refractivity contribution in [2.24, 2.45) is 0 Å². The van der Waals surface area contributed by atoms with Crippen LogP contribution in [0.2, 0.25) is 0 Å². The fourth-order valence-corrected chi connectivity index (χ4v) is 3.17. The SMILES string of the molecule is CO[C@H](CNC(=O)C(=O)Nc1ccccc1C(F)(F)F)c1ccc(C)s1. The first-order chi connectivity index (χ1) is 12.2. The van der Waals surface area contributed by atoms with Gasteiger partial charge in [-0.25, -0.2) is 0 Å². The molecule has 2 aromatic rings. The van der Waals surface area contributed by atoms with Gasteiger partial charge in [-0.05, 0) is 31.2 Å². The van der Waals surface area contributed by atoms with E-state index in [0.717, 1.165) is 21.9 Å². The summed E-state index contributed by atoms with van der Waals surface area (Å²) in [5.74, 6) is -2.23. The third-order valence-electron chi connectivity index (χ3n) is 3.50. The number of hydrogen-bond donors (Lipinski definition) is 2. The smallest absolute Gasteiger partial charge is 0.374 e. The van der Waals surface area contributed by atoms with Crippen LogP contribution < -0.4 is 10.6 Å². The summed E-state index contributed by atoms with van der Waals surface area (Å²) in [7, 11) is 1.46. The van der Waals surface area contributed by atoms with E-state index >= 15 is 0 Å². The highest BCUT2D eigenvalue weighted by atomic mass is 32.1. The molecule has 0 unspecified atom stereocenters. The maximum atomic E-state index is 12.9. The van der Waals surface area contributed by atoms with Gasteiger partial charge in [-0.15, -0.1) is 11.3 Å². The Hall–Kier alpha value is -2.39. The molecule has 0 aliphatic heterocycles. The number of para-hydroxylation sites is 1. The quantitative estimate of drug-likeness (QED) is 0.773. The Labute approximate surface area is 152 Å². The summed E-state index contributed by atoms with van der Waals surface area (Å²) in [6.07, 6.45) is -5.09. The van der Waals surface area contributed by atoms with E-state index in [2.05, 4.69) is 5.32 Å². The highest BCUT2D eigenvalue weighted by Crippen LogP contribution is 2.34. The van der Waals surface area contributed by atoms with Gasteiger partial charge in [-0.1, -0.05) is 12.1 Å². The average molecular weight is 386 g/mol. The Morgan fingerprint density at radius 2 is 1.85 bits per heavy atom. The number of carbonyl (C=O) groups is 2. The molecule has 0 spiro atoms. The topological polar surface area (TPSA) is 67.4 Å². The number of rotatable bonds is 5. The molecule has 0 radical (unpaired) electrons. The molecule has 2 N–H and O–H groups in total. The summed E-state index contributed by atoms with van der Waals surface area (Å²) in [4.78, 5) is 25.7. The van der Waals surface area contributed by atoms with Crippen LogP contribution in [-0.4, -0.2) is 25.5 Å². The number of methoxy groups -OCH3 is 1. The molecule has 1 atom stereocenters. The first-order valence-electron chi connectivity index (χ1n) is 7.57. The summed E-state index contributed by atoms with van der Waals surface area (Å²) >= 11 is 1.49. The zero-order valence-corrected chi connectivity index (χ0v) is 14.8. The molecule has 1 heterocycles. The van der Waals surface area contributed by atoms with Gasteiger partial charge in [0, 0.05) is 23.4 Å². The van der Waals surface area contributed by atoms with Gasteiger partial charge in [0.1, 0.15) is 6.10 Å². The Morgan fingerprint density at radius 1 is 1.15 bits per heavy atom. The third-order valence-corrected chi connectivity index (χ3v) is 4.59. The van der Waals surface area contributed by atoms with Crippen molar-refractivity contribution in [3.8, 4) is 0 Å². The van der Waals surface area contributed by atoms with Crippen LogP contribution in [-0.2, 0) is 20.5 Å². The molecule has 1 aromatic heterocycles. The Kier molecular flexibility index (Phi) is 6.38. The molecule has 9 heteroatoms. The van der Waals surface area contributed by atoms with E-state index in [9.17, 15) is 22.8 Å². The Bertz CT molecular complexity index is 790. The second kappa shape index (κ2) is 8.33. The van der Waals surface area contributed by atoms with Gasteiger partial charge in [0.2, 0.25) is 0 Å². The number of amides is 2. The van der Waals surface area contributed by atoms with Crippen molar-refractivity contribution in [3.05, 3.63) is 51.7 Å². The van der Waals surface area contributed by atoms with E-state index in [1.54, 1.807) is 0 Å². The maximum Gasteiger partial charge on any atom is 0.418 e. The molecular weight excluding hydrogens is 369 g/mol. The number of alkyl halides is 3. The lowest BCUT2D eigenvalue weighted by atomic mass is 10.1. The number of benzene rings is 1. The zero-order chi connectivity index (χ0) is 19.3. The number of carbonyl (C=O) groups excluding carboxylic acids is 2. The lowest BCUT2D eigenvalue weighted by Crippen LogP contribution is -2.38. The minimum absolute atomic E-state index is 0.0175. The van der Waals surface area contributed by atoms with Gasteiger partial charge < -0.3 is 15.4 Å². The molecule has 5 nitrogen and oxygen atoms in total. The van der Waals surface area contributed by atoms with Gasteiger partial charge in [0.15, 0.2) is 0 Å². The molecule has 2 amide bonds. The predicted molar refractivity (Wildman–Crippen MR) is 91.9 cm³/mol. The third kappa shape index (κ3) is 5.06. The van der Waals surface area contributed by atoms with Crippen LogP contribution in [0.25, 0.3) is 0 Å². The van der Waals surface area contributed by atoms with Crippen molar-refractivity contribution in [2.75, 3.05) is 19.0 Å². The summed E-state index contributed by atoms with van der Waals surface area (Å²) in [6, 6.07) is 8.19. The average Bonchev–Trinajstić information content (AvgIpc) is 3.01. The number of aryl methyl sites for hydroxylation is 1. The molecular formula is C17H17F3N2O3S. The van der Waals surface area contributed by atoms with Gasteiger partial charge in [0.05, 0.1) is 11.3 Å². The molecule has 0 aliphatic carbocycles. The molecule has 0 fully saturated rings. The number of ether oxygens (including phenoxy) is 1. The van der Waals surface area contributed by atoms with Crippen LogP contribution in [0.3, 0.4) is 0 Å². The minimum atomic E-state index is -4.64. The second-order valence-electron chi connectivity index (χ2n) is 5.38. The van der Waals surface area contributed by atoms with Crippen LogP contribution in [0, 0.1) is 6.92 Å². The van der Waals surface area contributed by atoms with E-state index in [1.807, 2.05) is 24.4 Å². The van der Waals surface area contributed by atoms with Crippen LogP contribution >= 0.6 is 11.3 Å². The van der Waals surface area contributed by atoms with E-state index in [4.69, 9.17) is 4.74 Å². The van der Waals surface area contributed by atoms with Crippen molar-refractivity contribution in [3.63, 3.8) is 0 Å². The van der Waals surface area contributed by atoms with Crippen molar-refractivity contribution >= 4 is 28.8 Å². The highest BCUT2D eigenvalue weighted by Gasteiger charge is 2.34. The fourth-order valence-electron chi connectivity index (χ4n) is 2.21. The standard InChI is InChI=1S/C17H17F3N2O3S/c1-10-7-8-14(26-10)13(25-2)9-21-15(23)16(24)22-12-6-4-3-5-11(12)17(18,19)20/h3-8,13H,9H2,1-2H3,(H,21,23)(H,22,24)/t13-/m1/s1. The van der Waals surface area contributed by atoms with Gasteiger partial charge in [0.25, 0.3) is 0 Å². The van der Waals surface area contributed by atoms with Crippen LogP contribution in [0.4, 0.5) is 18.9 Å². The lowest BCUT2D eigenvalue weighted by molar-refractivity contribution is -0.138. The highest BCUT2D eigenvalue weighted by molar-refractivity contribution is 7.12. The van der Waals surface area contributed by atoms with E-state index < -0.39 is 35.3 Å². The number of halogens is 3.